The van der Waals surface area contributed by atoms with Crippen LogP contribution in [0.3, 0.4) is 0 Å². The van der Waals surface area contributed by atoms with Crippen LogP contribution in [-0.4, -0.2) is 164 Å². The molecule has 4 rings (SSSR count). The number of carbonyl (C=O) groups excluding carboxylic acids is 7. The Hall–Kier alpha value is -6.63. The number of Topliss-reactive ketones (excluding diaryl/α,β-unsaturated/α-hetero) is 1. The monoisotopic (exact) mass is 1210 g/mol. The van der Waals surface area contributed by atoms with Gasteiger partial charge in [0.2, 0.25) is 35.4 Å². The summed E-state index contributed by atoms with van der Waals surface area (Å²) >= 11 is 0. The number of amides is 6. The van der Waals surface area contributed by atoms with Crippen LogP contribution in [0, 0.1) is 11.8 Å². The van der Waals surface area contributed by atoms with Crippen LogP contribution in [0.25, 0.3) is 0 Å². The van der Waals surface area contributed by atoms with E-state index in [9.17, 15) is 51.9 Å². The number of aliphatic hydroxyl groups is 1. The van der Waals surface area contributed by atoms with Gasteiger partial charge in [-0.15, -0.1) is 0 Å². The summed E-state index contributed by atoms with van der Waals surface area (Å²) in [6.07, 6.45) is 1.94. The van der Waals surface area contributed by atoms with Gasteiger partial charge in [-0.1, -0.05) is 119 Å². The third-order valence-corrected chi connectivity index (χ3v) is 16.4. The van der Waals surface area contributed by atoms with Crippen molar-refractivity contribution in [1.29, 1.82) is 0 Å². The van der Waals surface area contributed by atoms with Gasteiger partial charge in [0.05, 0.1) is 36.6 Å². The summed E-state index contributed by atoms with van der Waals surface area (Å²) in [6, 6.07) is 23.0. The Labute approximate surface area is 501 Å². The Morgan fingerprint density at radius 2 is 1.20 bits per heavy atom. The molecule has 1 aliphatic heterocycles. The summed E-state index contributed by atoms with van der Waals surface area (Å²) in [5, 5.41) is 37.5. The summed E-state index contributed by atoms with van der Waals surface area (Å²) in [5.41, 5.74) is 0.0742. The van der Waals surface area contributed by atoms with E-state index in [1.807, 2.05) is 79.4 Å². The van der Waals surface area contributed by atoms with Crippen molar-refractivity contribution in [3.05, 3.63) is 108 Å². The molecule has 2 unspecified atom stereocenters. The molecule has 0 saturated carbocycles. The molecule has 6 atom stereocenters. The van der Waals surface area contributed by atoms with Gasteiger partial charge in [0.1, 0.15) is 36.9 Å². The van der Waals surface area contributed by atoms with Gasteiger partial charge in [0.15, 0.2) is 5.78 Å². The first-order valence-electron chi connectivity index (χ1n) is 29.4. The van der Waals surface area contributed by atoms with Gasteiger partial charge < -0.3 is 51.6 Å². The molecule has 1 heterocycles. The maximum Gasteiger partial charge on any atom is 0.329 e. The summed E-state index contributed by atoms with van der Waals surface area (Å²) < 4.78 is 40.4. The van der Waals surface area contributed by atoms with Gasteiger partial charge >= 0.3 is 5.97 Å². The van der Waals surface area contributed by atoms with E-state index in [1.165, 1.54) is 13.8 Å². The lowest BCUT2D eigenvalue weighted by Crippen LogP contribution is -2.57. The Kier molecular flexibility index (Phi) is 29.8. The van der Waals surface area contributed by atoms with E-state index >= 15 is 0 Å². The highest BCUT2D eigenvalue weighted by molar-refractivity contribution is 7.88. The molecule has 6 amide bonds. The number of nitrogens with zero attached hydrogens (tertiary/aromatic N) is 1. The van der Waals surface area contributed by atoms with Gasteiger partial charge in [-0.05, 0) is 101 Å². The van der Waals surface area contributed by atoms with E-state index in [4.69, 9.17) is 18.8 Å². The first kappa shape index (κ1) is 70.9. The molecule has 22 nitrogen and oxygen atoms in total. The number of aliphatic carboxylic acids is 1. The summed E-state index contributed by atoms with van der Waals surface area (Å²) in [6.45, 7) is 11.9. The van der Waals surface area contributed by atoms with Gasteiger partial charge in [-0.2, -0.15) is 8.42 Å². The van der Waals surface area contributed by atoms with Crippen molar-refractivity contribution >= 4 is 57.3 Å². The number of rotatable bonds is 39. The van der Waals surface area contributed by atoms with Crippen molar-refractivity contribution in [3.63, 3.8) is 0 Å². The van der Waals surface area contributed by atoms with E-state index in [0.29, 0.717) is 64.0 Å². The number of morpholine rings is 1. The molecule has 0 aliphatic carbocycles. The van der Waals surface area contributed by atoms with Crippen molar-refractivity contribution in [2.75, 3.05) is 59.2 Å². The molecule has 470 valence electrons. The minimum Gasteiger partial charge on any atom is -0.480 e. The van der Waals surface area contributed by atoms with Crippen LogP contribution in [-0.2, 0) is 75.0 Å². The second-order valence-corrected chi connectivity index (χ2v) is 25.6. The van der Waals surface area contributed by atoms with Gasteiger partial charge in [0.25, 0.3) is 10.1 Å². The Morgan fingerprint density at radius 1 is 0.647 bits per heavy atom. The highest BCUT2D eigenvalue weighted by Crippen LogP contribution is 2.26. The third kappa shape index (κ3) is 26.3. The minimum absolute atomic E-state index is 0.0252. The number of ether oxygens (including phenoxy) is 2. The maximum atomic E-state index is 14.1. The number of carbonyl (C=O) groups is 8. The SMILES string of the molecule is CC(C)C[C@H](NC(=O)CCC(NC(=O)[C@H](CCc1ccccc1)NC(=O)CN1CCOCC1)c1ccccc1)C(=O)NCCCCC(=O)N[C@@H](Cc1ccccc1)C(=O)N[C@@H](CC(C)C)C(=O)C(C)(O)COS(=O)(=O)C(C)(C)CCOCC(=O)O. The molecule has 3 aromatic carbocycles. The molecule has 0 radical (unpaired) electrons. The smallest absolute Gasteiger partial charge is 0.329 e. The molecular weight excluding hydrogens is 1110 g/mol. The van der Waals surface area contributed by atoms with E-state index in [1.54, 1.807) is 44.2 Å². The fourth-order valence-electron chi connectivity index (χ4n) is 9.40. The summed E-state index contributed by atoms with van der Waals surface area (Å²) in [7, 11) is -4.45. The topological polar surface area (TPSA) is 314 Å². The van der Waals surface area contributed by atoms with Crippen molar-refractivity contribution in [3.8, 4) is 0 Å². The molecule has 0 aromatic heterocycles. The van der Waals surface area contributed by atoms with Crippen LogP contribution in [0.1, 0.15) is 129 Å². The lowest BCUT2D eigenvalue weighted by Gasteiger charge is -2.31. The number of aryl methyl sites for hydroxylation is 1. The summed E-state index contributed by atoms with van der Waals surface area (Å²) in [5.74, 6) is -4.99. The maximum absolute atomic E-state index is 14.1. The van der Waals surface area contributed by atoms with Crippen LogP contribution in [0.5, 0.6) is 0 Å². The summed E-state index contributed by atoms with van der Waals surface area (Å²) in [4.78, 5) is 109. The third-order valence-electron chi connectivity index (χ3n) is 14.4. The van der Waals surface area contributed by atoms with Gasteiger partial charge in [0, 0.05) is 45.5 Å². The average Bonchev–Trinajstić information content (AvgIpc) is 3.59. The van der Waals surface area contributed by atoms with Crippen molar-refractivity contribution in [2.24, 2.45) is 11.8 Å². The van der Waals surface area contributed by atoms with E-state index in [0.717, 1.165) is 18.1 Å². The molecule has 0 spiro atoms. The molecular formula is C62H91N7O15S. The standard InChI is InChI=1S/C62H91N7O15S/c1-43(2)37-50(57(75)62(7,79)42-84-85(80,81)61(5,6)30-34-83-41-56(73)74)68-60(78)52(39-46-21-13-9-14-22-46)66-53(70)25-17-18-31-63-58(76)51(38-44(3)4)65-54(71)29-28-48(47-23-15-10-16-24-47)67-59(77)49(27-26-45-19-11-8-12-20-45)64-55(72)40-69-32-35-82-36-33-69/h8-16,19-24,43-44,48-52,79H,17-18,25-42H2,1-7H3,(H,63,76)(H,64,72)(H,65,71)(H,66,70)(H,67,77)(H,68,78)(H,73,74)/t48?,49-,50-,51-,52-,62?/m0/s1. The van der Waals surface area contributed by atoms with Crippen molar-refractivity contribution < 1.29 is 70.6 Å². The Morgan fingerprint density at radius 3 is 1.81 bits per heavy atom. The molecule has 1 saturated heterocycles. The zero-order valence-corrected chi connectivity index (χ0v) is 51.2. The first-order valence-corrected chi connectivity index (χ1v) is 30.8. The number of carboxylic acids is 1. The van der Waals surface area contributed by atoms with Crippen LogP contribution in [0.2, 0.25) is 0 Å². The number of hydrogen-bond donors (Lipinski definition) is 8. The Bertz CT molecular complexity index is 2710. The number of unbranched alkanes of at least 4 members (excludes halogenated alkanes) is 1. The Balaban J connectivity index is 1.34. The van der Waals surface area contributed by atoms with E-state index < -0.39 is 99.3 Å². The number of nitrogens with one attached hydrogen (secondary N) is 6. The average molecular weight is 1210 g/mol. The molecule has 23 heteroatoms. The molecule has 3 aromatic rings. The normalized spacial score (nSPS) is 15.5. The predicted octanol–water partition coefficient (Wildman–Crippen LogP) is 4.09. The lowest BCUT2D eigenvalue weighted by molar-refractivity contribution is -0.143. The number of hydrogen-bond acceptors (Lipinski definition) is 15. The second kappa shape index (κ2) is 35.7. The van der Waals surface area contributed by atoms with Gasteiger partial charge in [-0.3, -0.25) is 42.6 Å². The van der Waals surface area contributed by atoms with Crippen molar-refractivity contribution in [2.45, 2.75) is 160 Å². The van der Waals surface area contributed by atoms with Gasteiger partial charge in [-0.25, -0.2) is 4.79 Å². The number of carboxylic acid groups (broad SMARTS) is 1. The first-order chi connectivity index (χ1) is 40.2. The zero-order chi connectivity index (χ0) is 62.6. The van der Waals surface area contributed by atoms with Crippen LogP contribution >= 0.6 is 0 Å². The minimum atomic E-state index is -4.45. The van der Waals surface area contributed by atoms with E-state index in [-0.39, 0.29) is 81.9 Å². The molecule has 85 heavy (non-hydrogen) atoms. The number of benzene rings is 3. The fourth-order valence-corrected chi connectivity index (χ4v) is 10.4. The second-order valence-electron chi connectivity index (χ2n) is 23.4. The lowest BCUT2D eigenvalue weighted by atomic mass is 9.90. The van der Waals surface area contributed by atoms with Crippen molar-refractivity contribution in [1.82, 2.24) is 36.8 Å². The molecule has 8 N–H and O–H groups in total. The zero-order valence-electron chi connectivity index (χ0n) is 50.4. The van der Waals surface area contributed by atoms with Crippen LogP contribution < -0.4 is 31.9 Å². The van der Waals surface area contributed by atoms with Crippen LogP contribution in [0.15, 0.2) is 91.0 Å². The quantitative estimate of drug-likeness (QED) is 0.0295. The number of ketones is 1. The molecule has 1 fully saturated rings. The highest BCUT2D eigenvalue weighted by Gasteiger charge is 2.43. The fraction of sp³-hybridized carbons (Fsp3) is 0.581. The highest BCUT2D eigenvalue weighted by atomic mass is 32.2. The largest absolute Gasteiger partial charge is 0.480 e. The molecule has 1 aliphatic rings. The molecule has 0 bridgehead atoms. The van der Waals surface area contributed by atoms with Crippen LogP contribution in [0.4, 0.5) is 0 Å². The van der Waals surface area contributed by atoms with E-state index in [2.05, 4.69) is 31.9 Å². The predicted molar refractivity (Wildman–Crippen MR) is 320 cm³/mol.